The van der Waals surface area contributed by atoms with Gasteiger partial charge in [-0.15, -0.1) is 0 Å². The first kappa shape index (κ1) is 11.7. The van der Waals surface area contributed by atoms with E-state index in [0.717, 1.165) is 0 Å². The summed E-state index contributed by atoms with van der Waals surface area (Å²) in [5.41, 5.74) is 6.70. The summed E-state index contributed by atoms with van der Waals surface area (Å²) >= 11 is 0. The number of hydrogen-bond acceptors (Lipinski definition) is 5. The minimum atomic E-state index is -0.554. The number of ether oxygens (including phenoxy) is 1. The van der Waals surface area contributed by atoms with E-state index in [4.69, 9.17) is 11.0 Å². The van der Waals surface area contributed by atoms with Gasteiger partial charge in [0.1, 0.15) is 11.8 Å². The average Bonchev–Trinajstić information content (AvgIpc) is 2.86. The Hall–Kier alpha value is -2.81. The predicted octanol–water partition coefficient (Wildman–Crippen LogP) is 1.11. The Morgan fingerprint density at radius 1 is 1.50 bits per heavy atom. The van der Waals surface area contributed by atoms with E-state index < -0.39 is 5.97 Å². The number of rotatable bonds is 2. The van der Waals surface area contributed by atoms with Gasteiger partial charge in [0, 0.05) is 6.20 Å². The SMILES string of the molecule is COC(=O)c1ccc(N)c(-n2cccc2C#N)n1. The highest BCUT2D eigenvalue weighted by atomic mass is 16.5. The minimum Gasteiger partial charge on any atom is -0.464 e. The summed E-state index contributed by atoms with van der Waals surface area (Å²) in [7, 11) is 1.27. The number of anilines is 1. The van der Waals surface area contributed by atoms with E-state index in [-0.39, 0.29) is 5.69 Å². The zero-order chi connectivity index (χ0) is 13.1. The molecule has 2 rings (SSSR count). The Morgan fingerprint density at radius 2 is 2.28 bits per heavy atom. The molecule has 0 amide bonds. The molecule has 0 aliphatic heterocycles. The maximum atomic E-state index is 11.4. The van der Waals surface area contributed by atoms with Gasteiger partial charge in [0.05, 0.1) is 12.8 Å². The Labute approximate surface area is 103 Å². The molecule has 2 aromatic heterocycles. The van der Waals surface area contributed by atoms with Gasteiger partial charge in [0.15, 0.2) is 11.5 Å². The molecule has 0 saturated carbocycles. The number of nitriles is 1. The van der Waals surface area contributed by atoms with Gasteiger partial charge in [-0.25, -0.2) is 9.78 Å². The Bertz CT molecular complexity index is 640. The highest BCUT2D eigenvalue weighted by Gasteiger charge is 2.13. The largest absolute Gasteiger partial charge is 0.464 e. The number of nitrogen functional groups attached to an aromatic ring is 1. The number of carbonyl (C=O) groups is 1. The molecule has 2 heterocycles. The lowest BCUT2D eigenvalue weighted by atomic mass is 10.3. The lowest BCUT2D eigenvalue weighted by molar-refractivity contribution is 0.0594. The van der Waals surface area contributed by atoms with Crippen molar-refractivity contribution < 1.29 is 9.53 Å². The molecule has 0 aliphatic rings. The summed E-state index contributed by atoms with van der Waals surface area (Å²) in [6, 6.07) is 8.37. The van der Waals surface area contributed by atoms with Gasteiger partial charge in [0.2, 0.25) is 0 Å². The first-order valence-electron chi connectivity index (χ1n) is 5.10. The summed E-state index contributed by atoms with van der Waals surface area (Å²) < 4.78 is 6.10. The zero-order valence-corrected chi connectivity index (χ0v) is 9.62. The Morgan fingerprint density at radius 3 is 2.94 bits per heavy atom. The van der Waals surface area contributed by atoms with Crippen molar-refractivity contribution >= 4 is 11.7 Å². The first-order chi connectivity index (χ1) is 8.67. The van der Waals surface area contributed by atoms with Crippen molar-refractivity contribution in [2.24, 2.45) is 0 Å². The second kappa shape index (κ2) is 4.59. The molecule has 18 heavy (non-hydrogen) atoms. The summed E-state index contributed by atoms with van der Waals surface area (Å²) in [6.45, 7) is 0. The highest BCUT2D eigenvalue weighted by molar-refractivity contribution is 5.88. The third kappa shape index (κ3) is 1.89. The van der Waals surface area contributed by atoms with Gasteiger partial charge in [-0.05, 0) is 24.3 Å². The normalized spacial score (nSPS) is 9.78. The van der Waals surface area contributed by atoms with Crippen LogP contribution < -0.4 is 5.73 Å². The van der Waals surface area contributed by atoms with Crippen LogP contribution in [0.4, 0.5) is 5.69 Å². The average molecular weight is 242 g/mol. The molecule has 2 aromatic rings. The number of carbonyl (C=O) groups excluding carboxylic acids is 1. The fourth-order valence-corrected chi connectivity index (χ4v) is 1.53. The van der Waals surface area contributed by atoms with Gasteiger partial charge in [-0.1, -0.05) is 0 Å². The molecule has 6 heteroatoms. The van der Waals surface area contributed by atoms with E-state index in [1.165, 1.54) is 17.7 Å². The third-order valence-corrected chi connectivity index (χ3v) is 2.39. The molecule has 90 valence electrons. The maximum absolute atomic E-state index is 11.4. The molecule has 0 saturated heterocycles. The van der Waals surface area contributed by atoms with Crippen LogP contribution in [-0.2, 0) is 4.74 Å². The second-order valence-electron chi connectivity index (χ2n) is 3.48. The van der Waals surface area contributed by atoms with E-state index in [1.807, 2.05) is 6.07 Å². The van der Waals surface area contributed by atoms with Gasteiger partial charge in [-0.3, -0.25) is 4.57 Å². The fraction of sp³-hybridized carbons (Fsp3) is 0.0833. The summed E-state index contributed by atoms with van der Waals surface area (Å²) in [5, 5.41) is 8.95. The molecule has 0 bridgehead atoms. The number of pyridine rings is 1. The number of esters is 1. The molecule has 0 fully saturated rings. The molecule has 0 radical (unpaired) electrons. The third-order valence-electron chi connectivity index (χ3n) is 2.39. The quantitative estimate of drug-likeness (QED) is 0.796. The van der Waals surface area contributed by atoms with Crippen LogP contribution in [0, 0.1) is 11.3 Å². The van der Waals surface area contributed by atoms with Gasteiger partial charge >= 0.3 is 5.97 Å². The van der Waals surface area contributed by atoms with Crippen LogP contribution in [0.5, 0.6) is 0 Å². The van der Waals surface area contributed by atoms with Crippen LogP contribution >= 0.6 is 0 Å². The van der Waals surface area contributed by atoms with E-state index in [9.17, 15) is 4.79 Å². The van der Waals surface area contributed by atoms with Crippen molar-refractivity contribution in [1.82, 2.24) is 9.55 Å². The number of aromatic nitrogens is 2. The minimum absolute atomic E-state index is 0.138. The fourth-order valence-electron chi connectivity index (χ4n) is 1.53. The molecular weight excluding hydrogens is 232 g/mol. The van der Waals surface area contributed by atoms with Crippen molar-refractivity contribution in [3.05, 3.63) is 41.9 Å². The topological polar surface area (TPSA) is 93.9 Å². The molecule has 0 atom stereocenters. The monoisotopic (exact) mass is 242 g/mol. The van der Waals surface area contributed by atoms with Crippen molar-refractivity contribution in [2.45, 2.75) is 0 Å². The molecule has 2 N–H and O–H groups in total. The van der Waals surface area contributed by atoms with Gasteiger partial charge in [0.25, 0.3) is 0 Å². The van der Waals surface area contributed by atoms with Gasteiger partial charge in [-0.2, -0.15) is 5.26 Å². The predicted molar refractivity (Wildman–Crippen MR) is 64.0 cm³/mol. The van der Waals surface area contributed by atoms with E-state index in [2.05, 4.69) is 9.72 Å². The summed E-state index contributed by atoms with van der Waals surface area (Å²) in [6.07, 6.45) is 1.65. The zero-order valence-electron chi connectivity index (χ0n) is 9.62. The van der Waals surface area contributed by atoms with Crippen LogP contribution in [0.25, 0.3) is 5.82 Å². The standard InChI is InChI=1S/C12H10N4O2/c1-18-12(17)10-5-4-9(14)11(15-10)16-6-2-3-8(16)7-13/h2-6H,14H2,1H3. The first-order valence-corrected chi connectivity index (χ1v) is 5.10. The Balaban J connectivity index is 2.58. The van der Waals surface area contributed by atoms with Crippen LogP contribution in [0.1, 0.15) is 16.2 Å². The number of hydrogen-bond donors (Lipinski definition) is 1. The lowest BCUT2D eigenvalue weighted by Gasteiger charge is -2.08. The van der Waals surface area contributed by atoms with Crippen molar-refractivity contribution in [3.63, 3.8) is 0 Å². The van der Waals surface area contributed by atoms with E-state index >= 15 is 0 Å². The number of nitrogens with two attached hydrogens (primary N) is 1. The molecular formula is C12H10N4O2. The second-order valence-corrected chi connectivity index (χ2v) is 3.48. The van der Waals surface area contributed by atoms with Gasteiger partial charge < -0.3 is 10.5 Å². The molecule has 0 unspecified atom stereocenters. The van der Waals surface area contributed by atoms with E-state index in [1.54, 1.807) is 24.4 Å². The number of nitrogens with zero attached hydrogens (tertiary/aromatic N) is 3. The molecule has 0 spiro atoms. The van der Waals surface area contributed by atoms with Crippen LogP contribution in [-0.4, -0.2) is 22.6 Å². The van der Waals surface area contributed by atoms with Crippen LogP contribution in [0.2, 0.25) is 0 Å². The van der Waals surface area contributed by atoms with Crippen LogP contribution in [0.3, 0.4) is 0 Å². The van der Waals surface area contributed by atoms with Crippen molar-refractivity contribution in [2.75, 3.05) is 12.8 Å². The molecule has 0 aromatic carbocycles. The number of methoxy groups -OCH3 is 1. The smallest absolute Gasteiger partial charge is 0.356 e. The van der Waals surface area contributed by atoms with E-state index in [0.29, 0.717) is 17.2 Å². The Kier molecular flexibility index (Phi) is 2.98. The summed E-state index contributed by atoms with van der Waals surface area (Å²) in [4.78, 5) is 15.5. The maximum Gasteiger partial charge on any atom is 0.356 e. The lowest BCUT2D eigenvalue weighted by Crippen LogP contribution is -2.10. The highest BCUT2D eigenvalue weighted by Crippen LogP contribution is 2.18. The molecule has 6 nitrogen and oxygen atoms in total. The van der Waals surface area contributed by atoms with Crippen molar-refractivity contribution in [3.8, 4) is 11.9 Å². The van der Waals surface area contributed by atoms with Crippen molar-refractivity contribution in [1.29, 1.82) is 5.26 Å². The van der Waals surface area contributed by atoms with Crippen LogP contribution in [0.15, 0.2) is 30.5 Å². The summed E-state index contributed by atoms with van der Waals surface area (Å²) in [5.74, 6) is -0.221. The molecule has 0 aliphatic carbocycles.